The first-order chi connectivity index (χ1) is 6.75. The summed E-state index contributed by atoms with van der Waals surface area (Å²) in [5, 5.41) is 1.32. The Morgan fingerprint density at radius 3 is 3.07 bits per heavy atom. The van der Waals surface area contributed by atoms with E-state index >= 15 is 0 Å². The van der Waals surface area contributed by atoms with E-state index < -0.39 is 0 Å². The number of nitrogens with one attached hydrogen (secondary N) is 1. The molecule has 2 nitrogen and oxygen atoms in total. The van der Waals surface area contributed by atoms with Gasteiger partial charge in [-0.3, -0.25) is 0 Å². The lowest BCUT2D eigenvalue weighted by molar-refractivity contribution is 0.716. The van der Waals surface area contributed by atoms with E-state index in [1.807, 2.05) is 0 Å². The van der Waals surface area contributed by atoms with E-state index in [0.717, 1.165) is 12.8 Å². The van der Waals surface area contributed by atoms with Crippen LogP contribution in [0.2, 0.25) is 0 Å². The lowest BCUT2D eigenvalue weighted by Gasteiger charge is -2.00. The first-order valence-electron chi connectivity index (χ1n) is 4.79. The molecule has 72 valence electrons. The van der Waals surface area contributed by atoms with Gasteiger partial charge in [0.25, 0.3) is 0 Å². The lowest BCUT2D eigenvalue weighted by atomic mass is 10.1. The summed E-state index contributed by atoms with van der Waals surface area (Å²) in [4.78, 5) is 3.44. The molecule has 1 heterocycles. The van der Waals surface area contributed by atoms with Crippen LogP contribution in [0.1, 0.15) is 11.3 Å². The fraction of sp³-hybridized carbons (Fsp3) is 0.273. The maximum Gasteiger partial charge on any atom is 0.0470 e. The monoisotopic (exact) mass is 250 g/mol. The zero-order chi connectivity index (χ0) is 9.71. The third-order valence-electron chi connectivity index (χ3n) is 2.90. The van der Waals surface area contributed by atoms with Crippen LogP contribution < -0.4 is 5.73 Å². The lowest BCUT2D eigenvalue weighted by Crippen LogP contribution is -2.19. The van der Waals surface area contributed by atoms with Crippen molar-refractivity contribution in [3.8, 4) is 0 Å². The molecule has 1 atom stereocenters. The Hall–Kier alpha value is -0.800. The molecule has 1 unspecified atom stereocenters. The topological polar surface area (TPSA) is 41.8 Å². The molecule has 0 fully saturated rings. The van der Waals surface area contributed by atoms with Gasteiger partial charge < -0.3 is 10.7 Å². The van der Waals surface area contributed by atoms with Gasteiger partial charge in [-0.05, 0) is 24.1 Å². The van der Waals surface area contributed by atoms with Crippen molar-refractivity contribution in [2.75, 3.05) is 0 Å². The van der Waals surface area contributed by atoms with E-state index in [1.54, 1.807) is 0 Å². The van der Waals surface area contributed by atoms with Gasteiger partial charge in [0.15, 0.2) is 0 Å². The molecule has 0 saturated carbocycles. The minimum atomic E-state index is 0.299. The van der Waals surface area contributed by atoms with Crippen molar-refractivity contribution in [3.05, 3.63) is 33.9 Å². The number of benzene rings is 1. The second-order valence-electron chi connectivity index (χ2n) is 3.91. The molecule has 2 aromatic rings. The zero-order valence-corrected chi connectivity index (χ0v) is 9.26. The molecule has 3 N–H and O–H groups in total. The van der Waals surface area contributed by atoms with E-state index in [9.17, 15) is 0 Å². The van der Waals surface area contributed by atoms with Crippen molar-refractivity contribution in [3.63, 3.8) is 0 Å². The SMILES string of the molecule is NC1Cc2[nH]c3cccc(Br)c3c2C1. The number of H-pyrrole nitrogens is 1. The second kappa shape index (κ2) is 2.84. The summed E-state index contributed by atoms with van der Waals surface area (Å²) in [7, 11) is 0. The molecule has 1 aromatic heterocycles. The van der Waals surface area contributed by atoms with Crippen LogP contribution in [0.4, 0.5) is 0 Å². The van der Waals surface area contributed by atoms with Gasteiger partial charge in [0.1, 0.15) is 0 Å². The fourth-order valence-electron chi connectivity index (χ4n) is 2.32. The van der Waals surface area contributed by atoms with Gasteiger partial charge in [0.05, 0.1) is 0 Å². The summed E-state index contributed by atoms with van der Waals surface area (Å²) in [5.74, 6) is 0. The number of fused-ring (bicyclic) bond motifs is 3. The van der Waals surface area contributed by atoms with Gasteiger partial charge in [-0.1, -0.05) is 22.0 Å². The van der Waals surface area contributed by atoms with Crippen molar-refractivity contribution in [1.29, 1.82) is 0 Å². The van der Waals surface area contributed by atoms with Crippen molar-refractivity contribution < 1.29 is 0 Å². The highest BCUT2D eigenvalue weighted by Crippen LogP contribution is 2.34. The molecule has 0 saturated heterocycles. The van der Waals surface area contributed by atoms with Crippen LogP contribution >= 0.6 is 15.9 Å². The predicted octanol–water partition coefficient (Wildman–Crippen LogP) is 2.36. The maximum absolute atomic E-state index is 5.94. The van der Waals surface area contributed by atoms with Crippen molar-refractivity contribution >= 4 is 26.8 Å². The van der Waals surface area contributed by atoms with Crippen molar-refractivity contribution in [2.24, 2.45) is 5.73 Å². The number of aromatic nitrogens is 1. The molecule has 0 aliphatic heterocycles. The summed E-state index contributed by atoms with van der Waals surface area (Å²) in [5.41, 5.74) is 9.88. The maximum atomic E-state index is 5.94. The van der Waals surface area contributed by atoms with Gasteiger partial charge in [-0.2, -0.15) is 0 Å². The molecule has 0 spiro atoms. The number of hydrogen-bond donors (Lipinski definition) is 2. The van der Waals surface area contributed by atoms with Crippen LogP contribution in [-0.4, -0.2) is 11.0 Å². The van der Waals surface area contributed by atoms with E-state index in [1.165, 1.54) is 26.6 Å². The molecule has 14 heavy (non-hydrogen) atoms. The number of hydrogen-bond acceptors (Lipinski definition) is 1. The van der Waals surface area contributed by atoms with Crippen LogP contribution in [0.3, 0.4) is 0 Å². The Morgan fingerprint density at radius 1 is 1.36 bits per heavy atom. The molecular weight excluding hydrogens is 240 g/mol. The minimum absolute atomic E-state index is 0.299. The van der Waals surface area contributed by atoms with Gasteiger partial charge in [0, 0.05) is 33.5 Å². The Kier molecular flexibility index (Phi) is 1.73. The van der Waals surface area contributed by atoms with E-state index in [2.05, 4.69) is 39.1 Å². The molecule has 1 aliphatic carbocycles. The highest BCUT2D eigenvalue weighted by Gasteiger charge is 2.23. The van der Waals surface area contributed by atoms with Crippen LogP contribution in [-0.2, 0) is 12.8 Å². The molecule has 1 aliphatic rings. The van der Waals surface area contributed by atoms with Crippen LogP contribution in [0.25, 0.3) is 10.9 Å². The third-order valence-corrected chi connectivity index (χ3v) is 3.56. The molecule has 0 bridgehead atoms. The van der Waals surface area contributed by atoms with Crippen molar-refractivity contribution in [2.45, 2.75) is 18.9 Å². The van der Waals surface area contributed by atoms with E-state index in [0.29, 0.717) is 6.04 Å². The van der Waals surface area contributed by atoms with Gasteiger partial charge in [0.2, 0.25) is 0 Å². The third kappa shape index (κ3) is 1.06. The Labute approximate surface area is 90.6 Å². The summed E-state index contributed by atoms with van der Waals surface area (Å²) in [6, 6.07) is 6.55. The zero-order valence-electron chi connectivity index (χ0n) is 7.68. The van der Waals surface area contributed by atoms with Crippen LogP contribution in [0.5, 0.6) is 0 Å². The normalized spacial score (nSPS) is 20.3. The standard InChI is InChI=1S/C11H11BrN2/c12-8-2-1-3-9-11(8)7-4-6(13)5-10(7)14-9/h1-3,6,14H,4-5,13H2. The van der Waals surface area contributed by atoms with Crippen LogP contribution in [0.15, 0.2) is 22.7 Å². The summed E-state index contributed by atoms with van der Waals surface area (Å²) in [6.45, 7) is 0. The molecular formula is C11H11BrN2. The Bertz CT molecular complexity index is 501. The van der Waals surface area contributed by atoms with Gasteiger partial charge >= 0.3 is 0 Å². The average Bonchev–Trinajstić information content (AvgIpc) is 2.60. The number of aromatic amines is 1. The molecule has 3 rings (SSSR count). The highest BCUT2D eigenvalue weighted by atomic mass is 79.9. The summed E-state index contributed by atoms with van der Waals surface area (Å²) >= 11 is 3.59. The minimum Gasteiger partial charge on any atom is -0.358 e. The van der Waals surface area contributed by atoms with Crippen LogP contribution in [0, 0.1) is 0 Å². The first kappa shape index (κ1) is 8.50. The smallest absolute Gasteiger partial charge is 0.0470 e. The summed E-state index contributed by atoms with van der Waals surface area (Å²) < 4.78 is 1.17. The number of nitrogens with two attached hydrogens (primary N) is 1. The number of rotatable bonds is 0. The Morgan fingerprint density at radius 2 is 2.21 bits per heavy atom. The number of halogens is 1. The first-order valence-corrected chi connectivity index (χ1v) is 5.58. The second-order valence-corrected chi connectivity index (χ2v) is 4.77. The molecule has 0 amide bonds. The fourth-order valence-corrected chi connectivity index (χ4v) is 2.93. The van der Waals surface area contributed by atoms with E-state index in [-0.39, 0.29) is 0 Å². The van der Waals surface area contributed by atoms with Gasteiger partial charge in [-0.25, -0.2) is 0 Å². The molecule has 0 radical (unpaired) electrons. The van der Waals surface area contributed by atoms with Gasteiger partial charge in [-0.15, -0.1) is 0 Å². The largest absolute Gasteiger partial charge is 0.358 e. The predicted molar refractivity (Wildman–Crippen MR) is 61.4 cm³/mol. The van der Waals surface area contributed by atoms with E-state index in [4.69, 9.17) is 5.73 Å². The molecule has 1 aromatic carbocycles. The highest BCUT2D eigenvalue weighted by molar-refractivity contribution is 9.10. The van der Waals surface area contributed by atoms with Crippen molar-refractivity contribution in [1.82, 2.24) is 4.98 Å². The Balaban J connectivity index is 2.35. The quantitative estimate of drug-likeness (QED) is 0.741. The average molecular weight is 251 g/mol. The summed E-state index contributed by atoms with van der Waals surface area (Å²) in [6.07, 6.45) is 1.98. The molecule has 3 heteroatoms.